The largest absolute Gasteiger partial charge is 0.479 e. The van der Waals surface area contributed by atoms with E-state index in [0.717, 1.165) is 11.1 Å². The molecule has 2 heterocycles. The van der Waals surface area contributed by atoms with E-state index in [1.807, 2.05) is 13.8 Å². The summed E-state index contributed by atoms with van der Waals surface area (Å²) in [5.74, 6) is -0.392. The van der Waals surface area contributed by atoms with E-state index < -0.39 is 12.0 Å². The number of fused-ring (bicyclic) bond motifs is 2. The molecule has 0 saturated heterocycles. The summed E-state index contributed by atoms with van der Waals surface area (Å²) < 4.78 is 11.1. The van der Waals surface area contributed by atoms with Gasteiger partial charge in [-0.25, -0.2) is 0 Å². The molecule has 7 heteroatoms. The van der Waals surface area contributed by atoms with Gasteiger partial charge >= 0.3 is 0 Å². The molecule has 2 N–H and O–H groups in total. The van der Waals surface area contributed by atoms with Crippen molar-refractivity contribution < 1.29 is 18.7 Å². The highest BCUT2D eigenvalue weighted by atomic mass is 16.5. The van der Waals surface area contributed by atoms with Gasteiger partial charge in [-0.2, -0.15) is 0 Å². The molecule has 0 bridgehead atoms. The number of amides is 2. The second-order valence-corrected chi connectivity index (χ2v) is 6.82. The molecule has 1 aliphatic rings. The summed E-state index contributed by atoms with van der Waals surface area (Å²) >= 11 is 0. The van der Waals surface area contributed by atoms with Crippen molar-refractivity contribution in [3.8, 4) is 5.75 Å². The molecule has 3 aromatic rings. The van der Waals surface area contributed by atoms with Crippen molar-refractivity contribution in [1.29, 1.82) is 0 Å². The molecule has 28 heavy (non-hydrogen) atoms. The van der Waals surface area contributed by atoms with Gasteiger partial charge in [0.05, 0.1) is 11.1 Å². The quantitative estimate of drug-likeness (QED) is 0.712. The lowest BCUT2D eigenvalue weighted by Gasteiger charge is -2.23. The van der Waals surface area contributed by atoms with Gasteiger partial charge in [-0.05, 0) is 62.2 Å². The minimum Gasteiger partial charge on any atom is -0.479 e. The van der Waals surface area contributed by atoms with Crippen molar-refractivity contribution >= 4 is 34.2 Å². The first kappa shape index (κ1) is 17.8. The molecular formula is C21H18N2O5. The van der Waals surface area contributed by atoms with Gasteiger partial charge in [0.1, 0.15) is 11.3 Å². The van der Waals surface area contributed by atoms with Gasteiger partial charge in [0.25, 0.3) is 11.8 Å². The number of ether oxygens (including phenoxy) is 1. The Morgan fingerprint density at radius 1 is 1.07 bits per heavy atom. The first-order chi connectivity index (χ1) is 13.3. The molecule has 0 fully saturated rings. The first-order valence-corrected chi connectivity index (χ1v) is 8.80. The fraction of sp³-hybridized carbons (Fsp3) is 0.190. The van der Waals surface area contributed by atoms with Crippen molar-refractivity contribution in [2.45, 2.75) is 26.9 Å². The predicted molar refractivity (Wildman–Crippen MR) is 105 cm³/mol. The number of carbonyl (C=O) groups is 2. The summed E-state index contributed by atoms with van der Waals surface area (Å²) in [4.78, 5) is 36.7. The predicted octanol–water partition coefficient (Wildman–Crippen LogP) is 3.38. The Bertz CT molecular complexity index is 1200. The minimum atomic E-state index is -0.577. The maximum absolute atomic E-state index is 12.6. The van der Waals surface area contributed by atoms with E-state index >= 15 is 0 Å². The van der Waals surface area contributed by atoms with Crippen LogP contribution < -0.4 is 20.8 Å². The summed E-state index contributed by atoms with van der Waals surface area (Å²) in [5.41, 5.74) is 2.92. The molecule has 0 aliphatic carbocycles. The van der Waals surface area contributed by atoms with Crippen LogP contribution in [-0.2, 0) is 4.79 Å². The smallest absolute Gasteiger partial charge is 0.291 e. The molecule has 2 amide bonds. The Morgan fingerprint density at radius 3 is 2.61 bits per heavy atom. The average Bonchev–Trinajstić information content (AvgIpc) is 2.64. The van der Waals surface area contributed by atoms with E-state index in [4.69, 9.17) is 9.15 Å². The SMILES string of the molecule is Cc1cc2oc(C(=O)Nc3ccc4c(c3)NC(=O)[C@H](C)O4)cc(=O)c2cc1C. The standard InChI is InChI=1S/C21H18N2O5/c1-10-6-14-16(24)9-19(28-18(14)7-11(10)2)21(26)22-13-4-5-17-15(8-13)23-20(25)12(3)27-17/h4-9,12H,1-3H3,(H,22,26)(H,23,25)/t12-/m0/s1. The van der Waals surface area contributed by atoms with Crippen molar-refractivity contribution in [3.05, 3.63) is 63.5 Å². The number of aryl methyl sites for hydroxylation is 2. The second-order valence-electron chi connectivity index (χ2n) is 6.82. The molecule has 0 saturated carbocycles. The van der Waals surface area contributed by atoms with Crippen LogP contribution in [0.3, 0.4) is 0 Å². The maximum Gasteiger partial charge on any atom is 0.291 e. The van der Waals surface area contributed by atoms with E-state index in [1.54, 1.807) is 37.3 Å². The molecule has 7 nitrogen and oxygen atoms in total. The van der Waals surface area contributed by atoms with E-state index in [2.05, 4.69) is 10.6 Å². The van der Waals surface area contributed by atoms with Crippen molar-refractivity contribution in [2.24, 2.45) is 0 Å². The lowest BCUT2D eigenvalue weighted by atomic mass is 10.1. The molecule has 0 unspecified atom stereocenters. The van der Waals surface area contributed by atoms with Crippen LogP contribution in [0.5, 0.6) is 5.75 Å². The Balaban J connectivity index is 1.64. The van der Waals surface area contributed by atoms with Crippen LogP contribution in [0.25, 0.3) is 11.0 Å². The third kappa shape index (κ3) is 3.11. The summed E-state index contributed by atoms with van der Waals surface area (Å²) in [7, 11) is 0. The zero-order valence-corrected chi connectivity index (χ0v) is 15.6. The second kappa shape index (κ2) is 6.53. The summed E-state index contributed by atoms with van der Waals surface area (Å²) in [6.07, 6.45) is -0.577. The number of rotatable bonds is 2. The number of carbonyl (C=O) groups excluding carboxylic acids is 2. The van der Waals surface area contributed by atoms with E-state index in [9.17, 15) is 14.4 Å². The van der Waals surface area contributed by atoms with Crippen molar-refractivity contribution in [3.63, 3.8) is 0 Å². The van der Waals surface area contributed by atoms with Crippen LogP contribution in [0.2, 0.25) is 0 Å². The van der Waals surface area contributed by atoms with Gasteiger partial charge < -0.3 is 19.8 Å². The van der Waals surface area contributed by atoms with Gasteiger partial charge in [0.15, 0.2) is 17.3 Å². The highest BCUT2D eigenvalue weighted by Gasteiger charge is 2.24. The van der Waals surface area contributed by atoms with Crippen LogP contribution in [0.1, 0.15) is 28.6 Å². The Hall–Kier alpha value is -3.61. The number of nitrogens with one attached hydrogen (secondary N) is 2. The normalized spacial score (nSPS) is 15.5. The molecule has 1 aliphatic heterocycles. The van der Waals surface area contributed by atoms with Crippen LogP contribution >= 0.6 is 0 Å². The van der Waals surface area contributed by atoms with Crippen molar-refractivity contribution in [2.75, 3.05) is 10.6 Å². The fourth-order valence-electron chi connectivity index (χ4n) is 3.00. The van der Waals surface area contributed by atoms with Crippen LogP contribution in [0.4, 0.5) is 11.4 Å². The number of hydrogen-bond acceptors (Lipinski definition) is 5. The Kier molecular flexibility index (Phi) is 4.15. The number of hydrogen-bond donors (Lipinski definition) is 2. The topological polar surface area (TPSA) is 97.6 Å². The third-order valence-electron chi connectivity index (χ3n) is 4.74. The minimum absolute atomic E-state index is 0.0904. The van der Waals surface area contributed by atoms with E-state index in [1.165, 1.54) is 6.07 Å². The van der Waals surface area contributed by atoms with Crippen LogP contribution in [0, 0.1) is 13.8 Å². The Labute approximate surface area is 160 Å². The molecule has 1 atom stereocenters. The zero-order valence-electron chi connectivity index (χ0n) is 15.6. The molecule has 142 valence electrons. The van der Waals surface area contributed by atoms with Gasteiger partial charge in [-0.3, -0.25) is 14.4 Å². The molecule has 1 aromatic heterocycles. The lowest BCUT2D eigenvalue weighted by molar-refractivity contribution is -0.122. The fourth-order valence-corrected chi connectivity index (χ4v) is 3.00. The summed E-state index contributed by atoms with van der Waals surface area (Å²) in [6.45, 7) is 5.47. The van der Waals surface area contributed by atoms with Gasteiger partial charge in [-0.1, -0.05) is 0 Å². The summed E-state index contributed by atoms with van der Waals surface area (Å²) in [5, 5.41) is 5.83. The third-order valence-corrected chi connectivity index (χ3v) is 4.74. The number of anilines is 2. The highest BCUT2D eigenvalue weighted by Crippen LogP contribution is 2.32. The number of benzene rings is 2. The monoisotopic (exact) mass is 378 g/mol. The lowest BCUT2D eigenvalue weighted by Crippen LogP contribution is -2.34. The highest BCUT2D eigenvalue weighted by molar-refractivity contribution is 6.04. The van der Waals surface area contributed by atoms with Crippen molar-refractivity contribution in [1.82, 2.24) is 0 Å². The van der Waals surface area contributed by atoms with Crippen LogP contribution in [-0.4, -0.2) is 17.9 Å². The Morgan fingerprint density at radius 2 is 1.82 bits per heavy atom. The van der Waals surface area contributed by atoms with E-state index in [0.29, 0.717) is 28.1 Å². The molecule has 0 spiro atoms. The van der Waals surface area contributed by atoms with E-state index in [-0.39, 0.29) is 17.1 Å². The zero-order chi connectivity index (χ0) is 20.0. The molecule has 4 rings (SSSR count). The van der Waals surface area contributed by atoms with Gasteiger partial charge in [0.2, 0.25) is 0 Å². The first-order valence-electron chi connectivity index (χ1n) is 8.80. The molecule has 0 radical (unpaired) electrons. The van der Waals surface area contributed by atoms with Crippen LogP contribution in [0.15, 0.2) is 45.6 Å². The maximum atomic E-state index is 12.6. The summed E-state index contributed by atoms with van der Waals surface area (Å²) in [6, 6.07) is 9.57. The molecule has 2 aromatic carbocycles. The van der Waals surface area contributed by atoms with Gasteiger partial charge in [-0.15, -0.1) is 0 Å². The average molecular weight is 378 g/mol. The molecular weight excluding hydrogens is 360 g/mol. The van der Waals surface area contributed by atoms with Gasteiger partial charge in [0, 0.05) is 11.8 Å².